The van der Waals surface area contributed by atoms with Crippen molar-refractivity contribution in [3.05, 3.63) is 34.6 Å². The molecule has 0 radical (unpaired) electrons. The molecule has 0 aliphatic heterocycles. The molecule has 0 heterocycles. The summed E-state index contributed by atoms with van der Waals surface area (Å²) in [6.07, 6.45) is 0.810. The van der Waals surface area contributed by atoms with E-state index in [4.69, 9.17) is 11.6 Å². The minimum atomic E-state index is -1.51. The van der Waals surface area contributed by atoms with Crippen molar-refractivity contribution in [1.82, 2.24) is 5.32 Å². The molecule has 1 aromatic rings. The fourth-order valence-corrected chi connectivity index (χ4v) is 2.91. The van der Waals surface area contributed by atoms with Crippen LogP contribution in [-0.2, 0) is 21.3 Å². The maximum absolute atomic E-state index is 13.6. The highest BCUT2D eigenvalue weighted by atomic mass is 35.5. The molecule has 0 aromatic heterocycles. The lowest BCUT2D eigenvalue weighted by Gasteiger charge is -2.12. The zero-order valence-electron chi connectivity index (χ0n) is 10.9. The molecule has 0 aliphatic carbocycles. The van der Waals surface area contributed by atoms with Gasteiger partial charge in [0.25, 0.3) is 0 Å². The molecule has 6 heteroatoms. The Morgan fingerprint density at radius 3 is 2.79 bits per heavy atom. The molecule has 1 amide bonds. The second kappa shape index (κ2) is 7.60. The zero-order chi connectivity index (χ0) is 14.4. The third-order valence-electron chi connectivity index (χ3n) is 2.66. The van der Waals surface area contributed by atoms with E-state index in [1.165, 1.54) is 12.1 Å². The number of nitrogens with one attached hydrogen (secondary N) is 1. The highest BCUT2D eigenvalue weighted by Crippen LogP contribution is 2.21. The highest BCUT2D eigenvalue weighted by Gasteiger charge is 2.21. The van der Waals surface area contributed by atoms with Gasteiger partial charge in [0, 0.05) is 27.9 Å². The average Bonchev–Trinajstić information content (AvgIpc) is 2.39. The summed E-state index contributed by atoms with van der Waals surface area (Å²) in [6, 6.07) is 4.29. The molecule has 0 fully saturated rings. The van der Waals surface area contributed by atoms with Gasteiger partial charge in [0.1, 0.15) is 11.1 Å². The third kappa shape index (κ3) is 4.58. The smallest absolute Gasteiger partial charge is 0.235 e. The molecule has 19 heavy (non-hydrogen) atoms. The Labute approximate surface area is 120 Å². The van der Waals surface area contributed by atoms with Crippen molar-refractivity contribution in [3.8, 4) is 0 Å². The number of amides is 1. The monoisotopic (exact) mass is 305 g/mol. The topological polar surface area (TPSA) is 46.2 Å². The van der Waals surface area contributed by atoms with Crippen molar-refractivity contribution in [2.24, 2.45) is 0 Å². The molecule has 1 rings (SSSR count). The van der Waals surface area contributed by atoms with Crippen molar-refractivity contribution < 1.29 is 13.4 Å². The number of benzene rings is 1. The summed E-state index contributed by atoms with van der Waals surface area (Å²) in [4.78, 5) is 11.7. The fraction of sp³-hybridized carbons (Fsp3) is 0.462. The molecule has 0 bridgehead atoms. The largest absolute Gasteiger partial charge is 0.355 e. The molecular formula is C13H17ClFNO2S. The van der Waals surface area contributed by atoms with E-state index >= 15 is 0 Å². The maximum atomic E-state index is 13.6. The van der Waals surface area contributed by atoms with Crippen LogP contribution in [0.15, 0.2) is 18.2 Å². The third-order valence-corrected chi connectivity index (χ3v) is 4.59. The van der Waals surface area contributed by atoms with Gasteiger partial charge in [-0.3, -0.25) is 9.00 Å². The van der Waals surface area contributed by atoms with Gasteiger partial charge in [-0.15, -0.1) is 0 Å². The Bertz CT molecular complexity index is 461. The summed E-state index contributed by atoms with van der Waals surface area (Å²) in [7, 11) is -1.51. The predicted octanol–water partition coefficient (Wildman–Crippen LogP) is 2.64. The summed E-state index contributed by atoms with van der Waals surface area (Å²) < 4.78 is 25.6. The second-order valence-electron chi connectivity index (χ2n) is 4.16. The molecule has 0 saturated carbocycles. The Balaban J connectivity index is 2.71. The van der Waals surface area contributed by atoms with Crippen LogP contribution in [0.1, 0.15) is 25.8 Å². The summed E-state index contributed by atoms with van der Waals surface area (Å²) in [5.74, 6) is -0.846. The number of halogens is 2. The van der Waals surface area contributed by atoms with E-state index in [2.05, 4.69) is 5.32 Å². The van der Waals surface area contributed by atoms with Gasteiger partial charge in [-0.25, -0.2) is 4.39 Å². The van der Waals surface area contributed by atoms with Gasteiger partial charge >= 0.3 is 0 Å². The number of rotatable bonds is 6. The first-order valence-corrected chi connectivity index (χ1v) is 7.81. The molecule has 0 aliphatic rings. The molecule has 2 atom stereocenters. The van der Waals surface area contributed by atoms with E-state index in [0.717, 1.165) is 6.42 Å². The van der Waals surface area contributed by atoms with Crippen molar-refractivity contribution in [3.63, 3.8) is 0 Å². The lowest BCUT2D eigenvalue weighted by molar-refractivity contribution is -0.120. The van der Waals surface area contributed by atoms with E-state index in [0.29, 0.717) is 6.54 Å². The molecule has 1 aromatic carbocycles. The minimum absolute atomic E-state index is 0.0633. The van der Waals surface area contributed by atoms with Crippen LogP contribution in [0, 0.1) is 5.82 Å². The molecule has 1 N–H and O–H groups in total. The van der Waals surface area contributed by atoms with Gasteiger partial charge in [-0.1, -0.05) is 24.6 Å². The van der Waals surface area contributed by atoms with E-state index in [-0.39, 0.29) is 22.2 Å². The van der Waals surface area contributed by atoms with Gasteiger partial charge in [-0.2, -0.15) is 0 Å². The van der Waals surface area contributed by atoms with Crippen LogP contribution in [-0.4, -0.2) is 21.9 Å². The summed E-state index contributed by atoms with van der Waals surface area (Å²) >= 11 is 5.87. The summed E-state index contributed by atoms with van der Waals surface area (Å²) in [6.45, 7) is 4.04. The van der Waals surface area contributed by atoms with Gasteiger partial charge < -0.3 is 5.32 Å². The summed E-state index contributed by atoms with van der Waals surface area (Å²) in [5.41, 5.74) is 0.192. The fourth-order valence-electron chi connectivity index (χ4n) is 1.45. The number of hydrogen-bond donors (Lipinski definition) is 1. The number of carbonyl (C=O) groups excluding carboxylic acids is 1. The lowest BCUT2D eigenvalue weighted by Crippen LogP contribution is -2.36. The lowest BCUT2D eigenvalue weighted by atomic mass is 10.2. The van der Waals surface area contributed by atoms with Gasteiger partial charge in [0.05, 0.1) is 5.75 Å². The van der Waals surface area contributed by atoms with Crippen LogP contribution < -0.4 is 5.32 Å². The number of carbonyl (C=O) groups is 1. The minimum Gasteiger partial charge on any atom is -0.355 e. The van der Waals surface area contributed by atoms with Gasteiger partial charge in [0.2, 0.25) is 5.91 Å². The molecule has 0 unspecified atom stereocenters. The van der Waals surface area contributed by atoms with Crippen LogP contribution in [0.2, 0.25) is 5.02 Å². The molecule has 0 spiro atoms. The van der Waals surface area contributed by atoms with E-state index in [9.17, 15) is 13.4 Å². The van der Waals surface area contributed by atoms with Crippen LogP contribution in [0.3, 0.4) is 0 Å². The van der Waals surface area contributed by atoms with E-state index in [1.54, 1.807) is 13.0 Å². The Morgan fingerprint density at radius 2 is 2.21 bits per heavy atom. The van der Waals surface area contributed by atoms with E-state index in [1.807, 2.05) is 6.92 Å². The van der Waals surface area contributed by atoms with Crippen LogP contribution in [0.4, 0.5) is 4.39 Å². The standard InChI is InChI=1S/C13H17ClFNO2S/c1-3-7-16-13(17)9(2)19(18)8-10-11(14)5-4-6-12(10)15/h4-6,9H,3,7-8H2,1-2H3,(H,16,17)/t9-,19-/m0/s1. The van der Waals surface area contributed by atoms with Crippen LogP contribution in [0.25, 0.3) is 0 Å². The predicted molar refractivity (Wildman–Crippen MR) is 76.0 cm³/mol. The molecular weight excluding hydrogens is 289 g/mol. The van der Waals surface area contributed by atoms with Gasteiger partial charge in [-0.05, 0) is 25.5 Å². The Hall–Kier alpha value is -0.940. The van der Waals surface area contributed by atoms with Crippen molar-refractivity contribution in [1.29, 1.82) is 0 Å². The normalized spacial score (nSPS) is 13.9. The van der Waals surface area contributed by atoms with Crippen molar-refractivity contribution >= 4 is 28.3 Å². The molecule has 0 saturated heterocycles. The number of hydrogen-bond acceptors (Lipinski definition) is 2. The van der Waals surface area contributed by atoms with Crippen molar-refractivity contribution in [2.75, 3.05) is 6.54 Å². The van der Waals surface area contributed by atoms with Crippen LogP contribution >= 0.6 is 11.6 Å². The van der Waals surface area contributed by atoms with Crippen molar-refractivity contribution in [2.45, 2.75) is 31.3 Å². The zero-order valence-corrected chi connectivity index (χ0v) is 12.5. The Morgan fingerprint density at radius 1 is 1.53 bits per heavy atom. The van der Waals surface area contributed by atoms with Gasteiger partial charge in [0.15, 0.2) is 0 Å². The molecule has 106 valence electrons. The highest BCUT2D eigenvalue weighted by molar-refractivity contribution is 7.85. The first kappa shape index (κ1) is 16.1. The first-order valence-electron chi connectivity index (χ1n) is 6.05. The summed E-state index contributed by atoms with van der Waals surface area (Å²) in [5, 5.41) is 2.21. The quantitative estimate of drug-likeness (QED) is 0.878. The molecule has 3 nitrogen and oxygen atoms in total. The maximum Gasteiger partial charge on any atom is 0.235 e. The SMILES string of the molecule is CCCNC(=O)[C@H](C)[S@@](=O)Cc1c(F)cccc1Cl. The van der Waals surface area contributed by atoms with Crippen LogP contribution in [0.5, 0.6) is 0 Å². The Kier molecular flexibility index (Phi) is 6.45. The van der Waals surface area contributed by atoms with E-state index < -0.39 is 21.9 Å². The first-order chi connectivity index (χ1) is 8.97. The average molecular weight is 306 g/mol. The second-order valence-corrected chi connectivity index (χ2v) is 6.32.